The van der Waals surface area contributed by atoms with Crippen LogP contribution in [0.2, 0.25) is 0 Å². The van der Waals surface area contributed by atoms with Crippen molar-refractivity contribution in [2.45, 2.75) is 13.1 Å². The van der Waals surface area contributed by atoms with Crippen LogP contribution in [0.3, 0.4) is 0 Å². The topological polar surface area (TPSA) is 41.9 Å². The Morgan fingerprint density at radius 2 is 1.81 bits per heavy atom. The van der Waals surface area contributed by atoms with Gasteiger partial charge in [-0.2, -0.15) is 0 Å². The van der Waals surface area contributed by atoms with E-state index in [1.165, 1.54) is 5.56 Å². The number of aromatic nitrogens is 3. The third kappa shape index (κ3) is 3.71. The predicted octanol–water partition coefficient (Wildman–Crippen LogP) is 3.23. The summed E-state index contributed by atoms with van der Waals surface area (Å²) >= 11 is 1.66. The van der Waals surface area contributed by atoms with Crippen molar-refractivity contribution in [1.82, 2.24) is 19.9 Å². The molecule has 5 heteroatoms. The lowest BCUT2D eigenvalue weighted by atomic mass is 10.2. The lowest BCUT2D eigenvalue weighted by Gasteiger charge is -2.16. The molecule has 4 nitrogen and oxygen atoms in total. The first-order valence-corrected chi connectivity index (χ1v) is 7.61. The van der Waals surface area contributed by atoms with Crippen LogP contribution in [0, 0.1) is 0 Å². The second-order valence-corrected chi connectivity index (χ2v) is 5.87. The zero-order chi connectivity index (χ0) is 14.5. The van der Waals surface area contributed by atoms with Crippen LogP contribution in [-0.4, -0.2) is 26.9 Å². The van der Waals surface area contributed by atoms with Gasteiger partial charge in [0, 0.05) is 43.4 Å². The third-order valence-electron chi connectivity index (χ3n) is 3.07. The minimum Gasteiger partial charge on any atom is -0.298 e. The van der Waals surface area contributed by atoms with Gasteiger partial charge < -0.3 is 0 Å². The van der Waals surface area contributed by atoms with Gasteiger partial charge >= 0.3 is 0 Å². The average Bonchev–Trinajstić information content (AvgIpc) is 3.03. The standard InChI is InChI=1S/C16H16N4S/c1-20(11-13-4-2-6-17-8-13)12-14-9-18-16(19-10-14)15-5-3-7-21-15/h2-10H,11-12H2,1H3. The van der Waals surface area contributed by atoms with Crippen LogP contribution in [0.4, 0.5) is 0 Å². The summed E-state index contributed by atoms with van der Waals surface area (Å²) in [4.78, 5) is 16.3. The maximum Gasteiger partial charge on any atom is 0.169 e. The quantitative estimate of drug-likeness (QED) is 0.725. The van der Waals surface area contributed by atoms with Gasteiger partial charge in [0.1, 0.15) is 0 Å². The zero-order valence-electron chi connectivity index (χ0n) is 11.8. The Morgan fingerprint density at radius 3 is 2.48 bits per heavy atom. The summed E-state index contributed by atoms with van der Waals surface area (Å²) in [5, 5.41) is 2.04. The van der Waals surface area contributed by atoms with Crippen molar-refractivity contribution in [3.05, 3.63) is 65.6 Å². The van der Waals surface area contributed by atoms with Crippen molar-refractivity contribution in [2.75, 3.05) is 7.05 Å². The van der Waals surface area contributed by atoms with Gasteiger partial charge in [0.05, 0.1) is 4.88 Å². The van der Waals surface area contributed by atoms with Gasteiger partial charge in [0.25, 0.3) is 0 Å². The number of thiophene rings is 1. The normalized spacial score (nSPS) is 11.0. The molecule has 0 fully saturated rings. The van der Waals surface area contributed by atoms with Gasteiger partial charge in [-0.1, -0.05) is 12.1 Å². The minimum absolute atomic E-state index is 0.795. The molecule has 0 aliphatic heterocycles. The van der Waals surface area contributed by atoms with Crippen LogP contribution in [-0.2, 0) is 13.1 Å². The highest BCUT2D eigenvalue weighted by molar-refractivity contribution is 7.13. The van der Waals surface area contributed by atoms with E-state index >= 15 is 0 Å². The molecular formula is C16H16N4S. The molecule has 106 valence electrons. The summed E-state index contributed by atoms with van der Waals surface area (Å²) in [5.74, 6) is 0.795. The third-order valence-corrected chi connectivity index (χ3v) is 3.94. The van der Waals surface area contributed by atoms with Gasteiger partial charge in [-0.3, -0.25) is 9.88 Å². The lowest BCUT2D eigenvalue weighted by Crippen LogP contribution is -2.17. The first-order chi connectivity index (χ1) is 10.3. The highest BCUT2D eigenvalue weighted by atomic mass is 32.1. The highest BCUT2D eigenvalue weighted by Crippen LogP contribution is 2.20. The predicted molar refractivity (Wildman–Crippen MR) is 84.8 cm³/mol. The number of nitrogens with zero attached hydrogens (tertiary/aromatic N) is 4. The zero-order valence-corrected chi connectivity index (χ0v) is 12.6. The molecule has 3 aromatic heterocycles. The van der Waals surface area contributed by atoms with E-state index < -0.39 is 0 Å². The Hall–Kier alpha value is -2.11. The minimum atomic E-state index is 0.795. The molecule has 3 rings (SSSR count). The van der Waals surface area contributed by atoms with E-state index in [-0.39, 0.29) is 0 Å². The molecular weight excluding hydrogens is 280 g/mol. The van der Waals surface area contributed by atoms with Crippen LogP contribution in [0.5, 0.6) is 0 Å². The number of pyridine rings is 1. The maximum atomic E-state index is 4.44. The van der Waals surface area contributed by atoms with Crippen molar-refractivity contribution in [3.63, 3.8) is 0 Å². The van der Waals surface area contributed by atoms with Crippen LogP contribution in [0.15, 0.2) is 54.4 Å². The van der Waals surface area contributed by atoms with Crippen LogP contribution >= 0.6 is 11.3 Å². The van der Waals surface area contributed by atoms with Crippen molar-refractivity contribution in [2.24, 2.45) is 0 Å². The van der Waals surface area contributed by atoms with Gasteiger partial charge in [0.2, 0.25) is 0 Å². The first-order valence-electron chi connectivity index (χ1n) is 6.73. The van der Waals surface area contributed by atoms with E-state index in [1.807, 2.05) is 42.2 Å². The molecule has 0 unspecified atom stereocenters. The van der Waals surface area contributed by atoms with Gasteiger partial charge in [-0.15, -0.1) is 11.3 Å². The molecule has 0 aromatic carbocycles. The van der Waals surface area contributed by atoms with Gasteiger partial charge in [-0.25, -0.2) is 9.97 Å². The molecule has 0 N–H and O–H groups in total. The molecule has 0 radical (unpaired) electrons. The number of rotatable bonds is 5. The molecule has 0 atom stereocenters. The number of hydrogen-bond donors (Lipinski definition) is 0. The molecule has 0 bridgehead atoms. The van der Waals surface area contributed by atoms with Gasteiger partial charge in [-0.05, 0) is 30.1 Å². The Kier molecular flexibility index (Phi) is 4.33. The van der Waals surface area contributed by atoms with Gasteiger partial charge in [0.15, 0.2) is 5.82 Å². The largest absolute Gasteiger partial charge is 0.298 e. The first kappa shape index (κ1) is 13.9. The fourth-order valence-electron chi connectivity index (χ4n) is 2.14. The summed E-state index contributed by atoms with van der Waals surface area (Å²) in [5.41, 5.74) is 2.32. The molecule has 3 aromatic rings. The Balaban J connectivity index is 1.62. The smallest absolute Gasteiger partial charge is 0.169 e. The molecule has 0 amide bonds. The SMILES string of the molecule is CN(Cc1cccnc1)Cc1cnc(-c2cccs2)nc1. The van der Waals surface area contributed by atoms with Crippen LogP contribution in [0.25, 0.3) is 10.7 Å². The molecule has 0 aliphatic carbocycles. The Morgan fingerprint density at radius 1 is 1.00 bits per heavy atom. The maximum absolute atomic E-state index is 4.44. The molecule has 0 saturated heterocycles. The summed E-state index contributed by atoms with van der Waals surface area (Å²) in [7, 11) is 2.08. The molecule has 3 heterocycles. The summed E-state index contributed by atoms with van der Waals surface area (Å²) in [6, 6.07) is 8.09. The van der Waals surface area contributed by atoms with Crippen molar-refractivity contribution in [3.8, 4) is 10.7 Å². The fraction of sp³-hybridized carbons (Fsp3) is 0.188. The highest BCUT2D eigenvalue weighted by Gasteiger charge is 2.05. The van der Waals surface area contributed by atoms with E-state index in [0.29, 0.717) is 0 Å². The molecule has 0 aliphatic rings. The summed E-state index contributed by atoms with van der Waals surface area (Å²) < 4.78 is 0. The van der Waals surface area contributed by atoms with E-state index in [4.69, 9.17) is 0 Å². The second kappa shape index (κ2) is 6.56. The second-order valence-electron chi connectivity index (χ2n) is 4.93. The number of hydrogen-bond acceptors (Lipinski definition) is 5. The average molecular weight is 296 g/mol. The van der Waals surface area contributed by atoms with Crippen LogP contribution < -0.4 is 0 Å². The van der Waals surface area contributed by atoms with Crippen molar-refractivity contribution in [1.29, 1.82) is 0 Å². The van der Waals surface area contributed by atoms with Crippen molar-refractivity contribution >= 4 is 11.3 Å². The van der Waals surface area contributed by atoms with Crippen molar-refractivity contribution < 1.29 is 0 Å². The molecule has 0 saturated carbocycles. The lowest BCUT2D eigenvalue weighted by molar-refractivity contribution is 0.318. The van der Waals surface area contributed by atoms with E-state index in [9.17, 15) is 0 Å². The van der Waals surface area contributed by atoms with E-state index in [2.05, 4.69) is 33.0 Å². The van der Waals surface area contributed by atoms with E-state index in [1.54, 1.807) is 17.5 Å². The monoisotopic (exact) mass is 296 g/mol. The fourth-order valence-corrected chi connectivity index (χ4v) is 2.81. The molecule has 21 heavy (non-hydrogen) atoms. The van der Waals surface area contributed by atoms with Crippen LogP contribution in [0.1, 0.15) is 11.1 Å². The summed E-state index contributed by atoms with van der Waals surface area (Å²) in [6.45, 7) is 1.68. The Bertz CT molecular complexity index is 665. The van der Waals surface area contributed by atoms with E-state index in [0.717, 1.165) is 29.4 Å². The summed E-state index contributed by atoms with van der Waals surface area (Å²) in [6.07, 6.45) is 7.50. The Labute approximate surface area is 128 Å². The molecule has 0 spiro atoms.